The van der Waals surface area contributed by atoms with Crippen molar-refractivity contribution in [3.63, 3.8) is 0 Å². The summed E-state index contributed by atoms with van der Waals surface area (Å²) < 4.78 is 1.56. The Balaban J connectivity index is 1.81. The summed E-state index contributed by atoms with van der Waals surface area (Å²) in [5.74, 6) is 0. The number of amides is 2. The highest BCUT2D eigenvalue weighted by Gasteiger charge is 2.18. The average molecular weight is 272 g/mol. The van der Waals surface area contributed by atoms with Crippen LogP contribution in [0.4, 0.5) is 10.5 Å². The van der Waals surface area contributed by atoms with Crippen LogP contribution in [0.1, 0.15) is 18.4 Å². The molecule has 0 spiro atoms. The Kier molecular flexibility index (Phi) is 3.32. The highest BCUT2D eigenvalue weighted by Crippen LogP contribution is 2.20. The van der Waals surface area contributed by atoms with Crippen LogP contribution in [0, 0.1) is 6.92 Å². The Labute approximate surface area is 116 Å². The van der Waals surface area contributed by atoms with Crippen molar-refractivity contribution < 1.29 is 4.79 Å². The monoisotopic (exact) mass is 272 g/mol. The number of rotatable bonds is 2. The van der Waals surface area contributed by atoms with E-state index in [0.29, 0.717) is 0 Å². The molecule has 0 aliphatic carbocycles. The lowest BCUT2D eigenvalue weighted by atomic mass is 10.2. The van der Waals surface area contributed by atoms with Gasteiger partial charge < -0.3 is 10.2 Å². The summed E-state index contributed by atoms with van der Waals surface area (Å²) in [6.45, 7) is 3.62. The molecule has 1 aromatic heterocycles. The van der Waals surface area contributed by atoms with Crippen molar-refractivity contribution in [3.05, 3.63) is 30.1 Å². The molecule has 104 valence electrons. The molecule has 1 aromatic carbocycles. The van der Waals surface area contributed by atoms with E-state index in [1.165, 1.54) is 6.33 Å². The second kappa shape index (κ2) is 5.28. The van der Waals surface area contributed by atoms with Gasteiger partial charge in [0.2, 0.25) is 0 Å². The molecule has 0 bridgehead atoms. The minimum atomic E-state index is -0.0422. The van der Waals surface area contributed by atoms with E-state index >= 15 is 0 Å². The Morgan fingerprint density at radius 1 is 1.30 bits per heavy atom. The third-order valence-corrected chi connectivity index (χ3v) is 3.47. The first-order valence-corrected chi connectivity index (χ1v) is 6.64. The lowest BCUT2D eigenvalue weighted by Gasteiger charge is -2.17. The first kappa shape index (κ1) is 12.6. The Bertz CT molecular complexity index is 603. The molecule has 20 heavy (non-hydrogen) atoms. The van der Waals surface area contributed by atoms with Gasteiger partial charge in [-0.1, -0.05) is 6.07 Å². The van der Waals surface area contributed by atoms with Crippen LogP contribution >= 0.6 is 0 Å². The van der Waals surface area contributed by atoms with E-state index < -0.39 is 0 Å². The number of carbonyl (C=O) groups excluding carboxylic acids is 1. The first-order valence-electron chi connectivity index (χ1n) is 6.64. The van der Waals surface area contributed by atoms with Crippen molar-refractivity contribution in [1.29, 1.82) is 0 Å². The third kappa shape index (κ3) is 2.47. The van der Waals surface area contributed by atoms with Gasteiger partial charge in [0.1, 0.15) is 6.33 Å². The Morgan fingerprint density at radius 3 is 2.80 bits per heavy atom. The zero-order valence-corrected chi connectivity index (χ0v) is 11.3. The number of hydrogen-bond acceptors (Lipinski definition) is 4. The fraction of sp³-hybridized carbons (Fsp3) is 0.385. The predicted octanol–water partition coefficient (Wildman–Crippen LogP) is 1.60. The average Bonchev–Trinajstić information content (AvgIpc) is 3.14. The number of benzene rings is 1. The minimum absolute atomic E-state index is 0.0422. The van der Waals surface area contributed by atoms with Crippen molar-refractivity contribution >= 4 is 11.7 Å². The molecule has 7 heteroatoms. The molecule has 1 N–H and O–H groups in total. The number of aryl methyl sites for hydroxylation is 1. The van der Waals surface area contributed by atoms with Crippen molar-refractivity contribution in [2.75, 3.05) is 18.4 Å². The number of urea groups is 1. The van der Waals surface area contributed by atoms with Crippen LogP contribution in [-0.4, -0.2) is 44.2 Å². The maximum atomic E-state index is 12.1. The van der Waals surface area contributed by atoms with E-state index in [4.69, 9.17) is 0 Å². The highest BCUT2D eigenvalue weighted by atomic mass is 16.2. The normalized spacial score (nSPS) is 14.6. The van der Waals surface area contributed by atoms with Crippen LogP contribution in [0.5, 0.6) is 0 Å². The maximum Gasteiger partial charge on any atom is 0.321 e. The van der Waals surface area contributed by atoms with Crippen LogP contribution in [0.15, 0.2) is 24.5 Å². The van der Waals surface area contributed by atoms with Crippen molar-refractivity contribution in [3.8, 4) is 5.69 Å². The largest absolute Gasteiger partial charge is 0.325 e. The number of anilines is 1. The van der Waals surface area contributed by atoms with Crippen LogP contribution in [0.3, 0.4) is 0 Å². The number of carbonyl (C=O) groups is 1. The number of nitrogens with one attached hydrogen (secondary N) is 1. The van der Waals surface area contributed by atoms with Crippen LogP contribution in [-0.2, 0) is 0 Å². The molecule has 7 nitrogen and oxygen atoms in total. The van der Waals surface area contributed by atoms with Gasteiger partial charge in [0.25, 0.3) is 0 Å². The lowest BCUT2D eigenvalue weighted by Crippen LogP contribution is -2.32. The van der Waals surface area contributed by atoms with Gasteiger partial charge in [0.05, 0.1) is 5.69 Å². The van der Waals surface area contributed by atoms with Crippen molar-refractivity contribution in [2.45, 2.75) is 19.8 Å². The van der Waals surface area contributed by atoms with Gasteiger partial charge in [-0.3, -0.25) is 0 Å². The summed E-state index contributed by atoms with van der Waals surface area (Å²) in [7, 11) is 0. The summed E-state index contributed by atoms with van der Waals surface area (Å²) in [4.78, 5) is 14.0. The third-order valence-electron chi connectivity index (χ3n) is 3.47. The fourth-order valence-electron chi connectivity index (χ4n) is 2.28. The predicted molar refractivity (Wildman–Crippen MR) is 73.7 cm³/mol. The summed E-state index contributed by atoms with van der Waals surface area (Å²) in [6, 6.07) is 5.69. The number of likely N-dealkylation sites (tertiary alicyclic amines) is 1. The lowest BCUT2D eigenvalue weighted by molar-refractivity contribution is 0.222. The zero-order valence-electron chi connectivity index (χ0n) is 11.3. The Hall–Kier alpha value is -2.44. The second-order valence-electron chi connectivity index (χ2n) is 4.88. The van der Waals surface area contributed by atoms with E-state index in [1.54, 1.807) is 4.68 Å². The SMILES string of the molecule is Cc1ccc(-n2cnnn2)cc1NC(=O)N1CCCC1. The van der Waals surface area contributed by atoms with Crippen LogP contribution in [0.25, 0.3) is 5.69 Å². The number of nitrogens with zero attached hydrogens (tertiary/aromatic N) is 5. The maximum absolute atomic E-state index is 12.1. The second-order valence-corrected chi connectivity index (χ2v) is 4.88. The Morgan fingerprint density at radius 2 is 2.10 bits per heavy atom. The molecule has 2 amide bonds. The van der Waals surface area contributed by atoms with E-state index in [1.807, 2.05) is 30.0 Å². The van der Waals surface area contributed by atoms with E-state index in [9.17, 15) is 4.79 Å². The molecule has 1 fully saturated rings. The van der Waals surface area contributed by atoms with Crippen LogP contribution in [0.2, 0.25) is 0 Å². The summed E-state index contributed by atoms with van der Waals surface area (Å²) in [6.07, 6.45) is 3.69. The first-order chi connectivity index (χ1) is 9.74. The van der Waals surface area contributed by atoms with Gasteiger partial charge in [0.15, 0.2) is 0 Å². The smallest absolute Gasteiger partial charge is 0.321 e. The van der Waals surface area contributed by atoms with Gasteiger partial charge >= 0.3 is 6.03 Å². The van der Waals surface area contributed by atoms with E-state index in [0.717, 1.165) is 42.9 Å². The van der Waals surface area contributed by atoms with E-state index in [2.05, 4.69) is 20.8 Å². The number of tetrazole rings is 1. The molecule has 0 saturated carbocycles. The molecule has 1 aliphatic heterocycles. The molecular weight excluding hydrogens is 256 g/mol. The molecular formula is C13H16N6O. The van der Waals surface area contributed by atoms with Crippen molar-refractivity contribution in [1.82, 2.24) is 25.1 Å². The summed E-state index contributed by atoms with van der Waals surface area (Å²) in [5, 5.41) is 14.0. The molecule has 3 rings (SSSR count). The van der Waals surface area contributed by atoms with Crippen LogP contribution < -0.4 is 5.32 Å². The molecule has 1 aliphatic rings. The van der Waals surface area contributed by atoms with Gasteiger partial charge in [-0.25, -0.2) is 9.48 Å². The van der Waals surface area contributed by atoms with Gasteiger partial charge in [0, 0.05) is 18.8 Å². The summed E-state index contributed by atoms with van der Waals surface area (Å²) >= 11 is 0. The fourth-order valence-corrected chi connectivity index (χ4v) is 2.28. The van der Waals surface area contributed by atoms with Gasteiger partial charge in [-0.2, -0.15) is 0 Å². The standard InChI is InChI=1S/C13H16N6O/c1-10-4-5-11(19-9-14-16-17-19)8-12(10)15-13(20)18-6-2-3-7-18/h4-5,8-9H,2-3,6-7H2,1H3,(H,15,20). The highest BCUT2D eigenvalue weighted by molar-refractivity contribution is 5.90. The topological polar surface area (TPSA) is 75.9 Å². The van der Waals surface area contributed by atoms with Gasteiger partial charge in [-0.15, -0.1) is 5.10 Å². The zero-order chi connectivity index (χ0) is 13.9. The molecule has 2 heterocycles. The molecule has 2 aromatic rings. The molecule has 1 saturated heterocycles. The quantitative estimate of drug-likeness (QED) is 0.901. The van der Waals surface area contributed by atoms with Crippen molar-refractivity contribution in [2.24, 2.45) is 0 Å². The molecule has 0 atom stereocenters. The summed E-state index contributed by atoms with van der Waals surface area (Å²) in [5.41, 5.74) is 2.61. The van der Waals surface area contributed by atoms with Gasteiger partial charge in [-0.05, 0) is 47.9 Å². The molecule has 0 unspecified atom stereocenters. The minimum Gasteiger partial charge on any atom is -0.325 e. The number of hydrogen-bond donors (Lipinski definition) is 1. The number of aromatic nitrogens is 4. The van der Waals surface area contributed by atoms with E-state index in [-0.39, 0.29) is 6.03 Å². The molecule has 0 radical (unpaired) electrons.